The maximum absolute atomic E-state index is 11.5. The Bertz CT molecular complexity index is 922. The lowest BCUT2D eigenvalue weighted by Gasteiger charge is -2.27. The first kappa shape index (κ1) is 23.2. The molecule has 1 aliphatic rings. The second-order valence-corrected chi connectivity index (χ2v) is 7.73. The normalized spacial score (nSPS) is 13.8. The van der Waals surface area contributed by atoms with Crippen LogP contribution < -0.4 is 14.2 Å². The van der Waals surface area contributed by atoms with E-state index >= 15 is 0 Å². The topological polar surface area (TPSA) is 101 Å². The lowest BCUT2D eigenvalue weighted by molar-refractivity contribution is -0.147. The van der Waals surface area contributed by atoms with E-state index in [1.54, 1.807) is 18.2 Å². The van der Waals surface area contributed by atoms with Gasteiger partial charge in [-0.05, 0) is 48.2 Å². The first-order chi connectivity index (χ1) is 15.4. The molecule has 0 amide bonds. The van der Waals surface area contributed by atoms with Gasteiger partial charge in [-0.15, -0.1) is 0 Å². The minimum absolute atomic E-state index is 0.0459. The molecule has 0 bridgehead atoms. The molecule has 0 saturated carbocycles. The molecule has 0 aromatic heterocycles. The monoisotopic (exact) mass is 444 g/mol. The molecule has 2 atom stereocenters. The fraction of sp³-hybridized carbons (Fsp3) is 0.417. The van der Waals surface area contributed by atoms with Gasteiger partial charge in [0.15, 0.2) is 23.0 Å². The van der Waals surface area contributed by atoms with Gasteiger partial charge < -0.3 is 28.8 Å². The van der Waals surface area contributed by atoms with Crippen molar-refractivity contribution in [2.24, 2.45) is 11.8 Å². The summed E-state index contributed by atoms with van der Waals surface area (Å²) >= 11 is 0. The molecule has 0 spiro atoms. The van der Waals surface area contributed by atoms with Crippen molar-refractivity contribution >= 4 is 11.9 Å². The number of esters is 2. The summed E-state index contributed by atoms with van der Waals surface area (Å²) in [5, 5.41) is 9.90. The Morgan fingerprint density at radius 1 is 0.906 bits per heavy atom. The Labute approximate surface area is 187 Å². The summed E-state index contributed by atoms with van der Waals surface area (Å²) in [5.74, 6) is 0.722. The van der Waals surface area contributed by atoms with Gasteiger partial charge in [-0.1, -0.05) is 12.1 Å². The van der Waals surface area contributed by atoms with Crippen molar-refractivity contribution in [1.29, 1.82) is 0 Å². The Balaban J connectivity index is 1.85. The number of rotatable bonds is 10. The first-order valence-corrected chi connectivity index (χ1v) is 10.4. The number of carbonyl (C=O) groups excluding carboxylic acids is 2. The fourth-order valence-corrected chi connectivity index (χ4v) is 3.69. The number of aromatic hydroxyl groups is 1. The van der Waals surface area contributed by atoms with E-state index < -0.39 is 0 Å². The molecular weight excluding hydrogens is 416 g/mol. The molecule has 1 aliphatic heterocycles. The lowest BCUT2D eigenvalue weighted by Crippen LogP contribution is -2.29. The molecule has 32 heavy (non-hydrogen) atoms. The predicted octanol–water partition coefficient (Wildman–Crippen LogP) is 3.27. The molecule has 3 rings (SSSR count). The molecule has 1 N–H and O–H groups in total. The third-order valence-electron chi connectivity index (χ3n) is 5.34. The Hall–Kier alpha value is -3.42. The van der Waals surface area contributed by atoms with Gasteiger partial charge in [-0.3, -0.25) is 9.59 Å². The molecule has 8 nitrogen and oxygen atoms in total. The van der Waals surface area contributed by atoms with E-state index in [0.717, 1.165) is 11.1 Å². The molecule has 1 heterocycles. The van der Waals surface area contributed by atoms with Crippen molar-refractivity contribution in [3.05, 3.63) is 47.5 Å². The second kappa shape index (κ2) is 10.7. The van der Waals surface area contributed by atoms with E-state index in [0.29, 0.717) is 30.1 Å². The molecular formula is C24H28O8. The number of phenolic OH excluding ortho intramolecular Hbond substituents is 1. The van der Waals surface area contributed by atoms with Crippen molar-refractivity contribution < 1.29 is 38.4 Å². The summed E-state index contributed by atoms with van der Waals surface area (Å²) in [6.45, 7) is 3.25. The highest BCUT2D eigenvalue weighted by molar-refractivity contribution is 5.66. The summed E-state index contributed by atoms with van der Waals surface area (Å²) in [5.41, 5.74) is 1.89. The van der Waals surface area contributed by atoms with Gasteiger partial charge in [-0.25, -0.2) is 0 Å². The van der Waals surface area contributed by atoms with E-state index in [1.807, 2.05) is 18.2 Å². The smallest absolute Gasteiger partial charge is 0.302 e. The van der Waals surface area contributed by atoms with Crippen molar-refractivity contribution in [3.8, 4) is 23.0 Å². The van der Waals surface area contributed by atoms with Crippen LogP contribution in [0.1, 0.15) is 25.0 Å². The minimum Gasteiger partial charge on any atom is -0.504 e. The van der Waals surface area contributed by atoms with E-state index in [9.17, 15) is 14.7 Å². The van der Waals surface area contributed by atoms with Crippen molar-refractivity contribution in [1.82, 2.24) is 0 Å². The average Bonchev–Trinajstić information content (AvgIpc) is 3.23. The molecule has 0 radical (unpaired) electrons. The maximum Gasteiger partial charge on any atom is 0.302 e. The number of hydrogen-bond donors (Lipinski definition) is 1. The van der Waals surface area contributed by atoms with Gasteiger partial charge >= 0.3 is 11.9 Å². The summed E-state index contributed by atoms with van der Waals surface area (Å²) in [6, 6.07) is 10.8. The van der Waals surface area contributed by atoms with Crippen LogP contribution in [0.5, 0.6) is 23.0 Å². The highest BCUT2D eigenvalue weighted by atomic mass is 16.7. The SMILES string of the molecule is COc1cc(CC(COC(C)=O)C(COC(C)=O)Cc2ccc3c(c2)OCO3)ccc1O. The molecule has 8 heteroatoms. The molecule has 2 aromatic rings. The van der Waals surface area contributed by atoms with Gasteiger partial charge in [0.05, 0.1) is 20.3 Å². The lowest BCUT2D eigenvalue weighted by atomic mass is 9.83. The van der Waals surface area contributed by atoms with Crippen LogP contribution in [0.15, 0.2) is 36.4 Å². The van der Waals surface area contributed by atoms with Crippen LogP contribution in [0.25, 0.3) is 0 Å². The highest BCUT2D eigenvalue weighted by Gasteiger charge is 2.26. The van der Waals surface area contributed by atoms with Gasteiger partial charge in [0.25, 0.3) is 0 Å². The first-order valence-electron chi connectivity index (χ1n) is 10.4. The Morgan fingerprint density at radius 3 is 2.06 bits per heavy atom. The van der Waals surface area contributed by atoms with Crippen LogP contribution >= 0.6 is 0 Å². The van der Waals surface area contributed by atoms with Crippen LogP contribution in [0, 0.1) is 11.8 Å². The third kappa shape index (κ3) is 6.29. The molecule has 0 saturated heterocycles. The molecule has 172 valence electrons. The number of fused-ring (bicyclic) bond motifs is 1. The summed E-state index contributed by atoms with van der Waals surface area (Å²) in [4.78, 5) is 23.1. The van der Waals surface area contributed by atoms with Crippen LogP contribution in [0.4, 0.5) is 0 Å². The molecule has 0 fully saturated rings. The largest absolute Gasteiger partial charge is 0.504 e. The number of benzene rings is 2. The van der Waals surface area contributed by atoms with Crippen molar-refractivity contribution in [2.45, 2.75) is 26.7 Å². The van der Waals surface area contributed by atoms with Crippen molar-refractivity contribution in [2.75, 3.05) is 27.1 Å². The summed E-state index contributed by atoms with van der Waals surface area (Å²) < 4.78 is 26.8. The molecule has 0 aliphatic carbocycles. The summed E-state index contributed by atoms with van der Waals surface area (Å²) in [6.07, 6.45) is 1.10. The Kier molecular flexibility index (Phi) is 7.81. The number of hydrogen-bond acceptors (Lipinski definition) is 8. The van der Waals surface area contributed by atoms with E-state index in [1.165, 1.54) is 21.0 Å². The predicted molar refractivity (Wildman–Crippen MR) is 115 cm³/mol. The van der Waals surface area contributed by atoms with Crippen LogP contribution in [-0.4, -0.2) is 44.2 Å². The second-order valence-electron chi connectivity index (χ2n) is 7.73. The third-order valence-corrected chi connectivity index (χ3v) is 5.34. The minimum atomic E-state index is -0.382. The van der Waals surface area contributed by atoms with Crippen molar-refractivity contribution in [3.63, 3.8) is 0 Å². The molecule has 2 unspecified atom stereocenters. The summed E-state index contributed by atoms with van der Waals surface area (Å²) in [7, 11) is 1.48. The number of ether oxygens (including phenoxy) is 5. The van der Waals surface area contributed by atoms with Gasteiger partial charge in [0.1, 0.15) is 0 Å². The standard InChI is InChI=1S/C24H28O8/c1-15(25)29-12-19(8-17-4-6-21(27)23(10-17)28-3)20(13-30-16(2)26)9-18-5-7-22-24(11-18)32-14-31-22/h4-7,10-11,19-20,27H,8-9,12-14H2,1-3H3. The van der Waals surface area contributed by atoms with Gasteiger partial charge in [0, 0.05) is 25.7 Å². The van der Waals surface area contributed by atoms with Gasteiger partial charge in [-0.2, -0.15) is 0 Å². The number of phenols is 1. The van der Waals surface area contributed by atoms with Crippen LogP contribution in [0.2, 0.25) is 0 Å². The van der Waals surface area contributed by atoms with E-state index in [4.69, 9.17) is 23.7 Å². The van der Waals surface area contributed by atoms with Gasteiger partial charge in [0.2, 0.25) is 6.79 Å². The van der Waals surface area contributed by atoms with Crippen LogP contribution in [0.3, 0.4) is 0 Å². The Morgan fingerprint density at radius 2 is 1.47 bits per heavy atom. The number of methoxy groups -OCH3 is 1. The zero-order valence-corrected chi connectivity index (χ0v) is 18.5. The van der Waals surface area contributed by atoms with Crippen LogP contribution in [-0.2, 0) is 31.9 Å². The maximum atomic E-state index is 11.5. The quantitative estimate of drug-likeness (QED) is 0.558. The fourth-order valence-electron chi connectivity index (χ4n) is 3.69. The highest BCUT2D eigenvalue weighted by Crippen LogP contribution is 2.34. The average molecular weight is 444 g/mol. The van der Waals surface area contributed by atoms with E-state index in [2.05, 4.69) is 0 Å². The molecule has 2 aromatic carbocycles. The van der Waals surface area contributed by atoms with E-state index in [-0.39, 0.29) is 49.5 Å². The zero-order valence-electron chi connectivity index (χ0n) is 18.5. The zero-order chi connectivity index (χ0) is 23.1. The number of carbonyl (C=O) groups is 2.